The summed E-state index contributed by atoms with van der Waals surface area (Å²) in [5.74, 6) is 2.19. The van der Waals surface area contributed by atoms with Crippen LogP contribution in [0.5, 0.6) is 0 Å². The summed E-state index contributed by atoms with van der Waals surface area (Å²) in [4.78, 5) is 14.0. The molecule has 7 aromatic rings. The predicted octanol–water partition coefficient (Wildman–Crippen LogP) is 11.1. The summed E-state index contributed by atoms with van der Waals surface area (Å²) in [5.41, 5.74) is 11.8. The van der Waals surface area contributed by atoms with Crippen molar-refractivity contribution in [2.24, 2.45) is 5.92 Å². The van der Waals surface area contributed by atoms with E-state index in [1.807, 2.05) is 43.5 Å². The first kappa shape index (κ1) is 33.1. The van der Waals surface area contributed by atoms with Crippen LogP contribution in [0.25, 0.3) is 61.3 Å². The first-order valence-corrected chi connectivity index (χ1v) is 17.2. The van der Waals surface area contributed by atoms with Crippen molar-refractivity contribution in [1.29, 1.82) is 0 Å². The Morgan fingerprint density at radius 1 is 0.898 bits per heavy atom. The number of pyridine rings is 2. The van der Waals surface area contributed by atoms with Gasteiger partial charge in [-0.1, -0.05) is 67.5 Å². The summed E-state index contributed by atoms with van der Waals surface area (Å²) in [6.45, 7) is 10.9. The molecule has 0 amide bonds. The second kappa shape index (κ2) is 13.2. The number of rotatable bonds is 4. The van der Waals surface area contributed by atoms with Crippen molar-refractivity contribution in [2.45, 2.75) is 71.8 Å². The molecule has 0 N–H and O–H groups in total. The fraction of sp³-hybridized carbons (Fsp3) is 0.279. The van der Waals surface area contributed by atoms with Crippen molar-refractivity contribution in [1.82, 2.24) is 19.5 Å². The van der Waals surface area contributed by atoms with E-state index in [-0.39, 0.29) is 25.6 Å². The summed E-state index contributed by atoms with van der Waals surface area (Å²) in [6.07, 6.45) is 9.72. The van der Waals surface area contributed by atoms with Gasteiger partial charge in [0.15, 0.2) is 0 Å². The van der Waals surface area contributed by atoms with Gasteiger partial charge in [0.25, 0.3) is 0 Å². The Morgan fingerprint density at radius 3 is 2.51 bits per heavy atom. The first-order chi connectivity index (χ1) is 23.3. The van der Waals surface area contributed by atoms with Gasteiger partial charge in [0, 0.05) is 42.9 Å². The number of allylic oxidation sites excluding steroid dienone is 2. The van der Waals surface area contributed by atoms with E-state index in [0.717, 1.165) is 50.2 Å². The zero-order chi connectivity index (χ0) is 33.0. The SMILES string of the molecule is CC1(C)C=C(C2CCCC2)c2cccc3nc(-c4[c-]cccc4)n1c23.Cc1ccc2c(n1)oc1c(-c3cc(C(C)C)ccn3)[c-]ccc12.[Ir]. The van der Waals surface area contributed by atoms with Crippen molar-refractivity contribution in [3.8, 4) is 22.6 Å². The third-order valence-electron chi connectivity index (χ3n) is 9.96. The Morgan fingerprint density at radius 2 is 1.73 bits per heavy atom. The second-order valence-electron chi connectivity index (χ2n) is 14.1. The molecular formula is C43H40IrN4O-2. The number of furan rings is 1. The molecule has 0 saturated heterocycles. The predicted molar refractivity (Wildman–Crippen MR) is 196 cm³/mol. The third-order valence-corrected chi connectivity index (χ3v) is 9.96. The van der Waals surface area contributed by atoms with Crippen molar-refractivity contribution in [3.05, 3.63) is 120 Å². The average Bonchev–Trinajstić information content (AvgIpc) is 3.85. The van der Waals surface area contributed by atoms with Crippen LogP contribution in [-0.2, 0) is 25.6 Å². The molecule has 49 heavy (non-hydrogen) atoms. The van der Waals surface area contributed by atoms with Gasteiger partial charge >= 0.3 is 0 Å². The number of aromatic nitrogens is 4. The first-order valence-electron chi connectivity index (χ1n) is 17.2. The molecule has 1 aliphatic carbocycles. The van der Waals surface area contributed by atoms with Crippen LogP contribution in [0, 0.1) is 25.0 Å². The Bertz CT molecular complexity index is 2320. The maximum atomic E-state index is 6.04. The average molecular weight is 821 g/mol. The molecule has 4 aromatic heterocycles. The number of aryl methyl sites for hydroxylation is 1. The van der Waals surface area contributed by atoms with Crippen LogP contribution in [-0.4, -0.2) is 19.5 Å². The smallest absolute Gasteiger partial charge is 0.216 e. The minimum Gasteiger partial charge on any atom is -0.486 e. The van der Waals surface area contributed by atoms with Crippen molar-refractivity contribution in [2.75, 3.05) is 0 Å². The summed E-state index contributed by atoms with van der Waals surface area (Å²) in [6, 6.07) is 33.6. The zero-order valence-electron chi connectivity index (χ0n) is 28.7. The number of hydrogen-bond donors (Lipinski definition) is 0. The second-order valence-corrected chi connectivity index (χ2v) is 14.1. The largest absolute Gasteiger partial charge is 0.486 e. The molecule has 1 aliphatic heterocycles. The molecule has 2 aliphatic rings. The number of hydrogen-bond acceptors (Lipinski definition) is 4. The summed E-state index contributed by atoms with van der Waals surface area (Å²) >= 11 is 0. The van der Waals surface area contributed by atoms with Gasteiger partial charge < -0.3 is 14.0 Å². The van der Waals surface area contributed by atoms with Crippen LogP contribution in [0.3, 0.4) is 0 Å². The van der Waals surface area contributed by atoms with E-state index in [9.17, 15) is 0 Å². The van der Waals surface area contributed by atoms with E-state index in [1.165, 1.54) is 42.3 Å². The number of imidazole rings is 1. The van der Waals surface area contributed by atoms with Crippen molar-refractivity contribution in [3.63, 3.8) is 0 Å². The van der Waals surface area contributed by atoms with Crippen LogP contribution in [0.15, 0.2) is 95.6 Å². The van der Waals surface area contributed by atoms with E-state index < -0.39 is 0 Å². The quantitative estimate of drug-likeness (QED) is 0.166. The molecule has 0 atom stereocenters. The molecule has 9 rings (SSSR count). The molecular weight excluding hydrogens is 781 g/mol. The minimum absolute atomic E-state index is 0. The van der Waals surface area contributed by atoms with Gasteiger partial charge in [-0.25, -0.2) is 4.98 Å². The van der Waals surface area contributed by atoms with Gasteiger partial charge in [0.2, 0.25) is 5.71 Å². The van der Waals surface area contributed by atoms with Gasteiger partial charge in [-0.2, -0.15) is 0 Å². The van der Waals surface area contributed by atoms with Gasteiger partial charge in [0.05, 0.1) is 28.0 Å². The molecule has 5 heterocycles. The van der Waals surface area contributed by atoms with E-state index in [1.54, 1.807) is 5.57 Å². The number of nitrogens with zero attached hydrogens (tertiary/aromatic N) is 4. The molecule has 1 saturated carbocycles. The van der Waals surface area contributed by atoms with Gasteiger partial charge in [0.1, 0.15) is 0 Å². The normalized spacial score (nSPS) is 15.3. The van der Waals surface area contributed by atoms with Gasteiger partial charge in [-0.05, 0) is 81.0 Å². The van der Waals surface area contributed by atoms with Crippen LogP contribution in [0.1, 0.15) is 76.1 Å². The maximum Gasteiger partial charge on any atom is 0.216 e. The molecule has 0 unspecified atom stereocenters. The minimum atomic E-state index is -0.0833. The van der Waals surface area contributed by atoms with E-state index in [0.29, 0.717) is 17.5 Å². The van der Waals surface area contributed by atoms with Crippen LogP contribution in [0.4, 0.5) is 0 Å². The molecule has 0 bridgehead atoms. The topological polar surface area (TPSA) is 56.7 Å². The summed E-state index contributed by atoms with van der Waals surface area (Å²) in [5, 5.41) is 2.08. The molecule has 1 fully saturated rings. The fourth-order valence-electron chi connectivity index (χ4n) is 7.58. The van der Waals surface area contributed by atoms with Gasteiger partial charge in [-0.3, -0.25) is 4.98 Å². The van der Waals surface area contributed by atoms with Gasteiger partial charge in [-0.15, -0.1) is 54.1 Å². The monoisotopic (exact) mass is 821 g/mol. The molecule has 249 valence electrons. The number of para-hydroxylation sites is 1. The zero-order valence-corrected chi connectivity index (χ0v) is 31.1. The Hall–Kier alpha value is -4.38. The maximum absolute atomic E-state index is 6.04. The Labute approximate surface area is 301 Å². The van der Waals surface area contributed by atoms with E-state index in [4.69, 9.17) is 9.40 Å². The third kappa shape index (κ3) is 5.96. The van der Waals surface area contributed by atoms with E-state index >= 15 is 0 Å². The Kier molecular flexibility index (Phi) is 8.89. The number of fused-ring (bicyclic) bond motifs is 3. The summed E-state index contributed by atoms with van der Waals surface area (Å²) in [7, 11) is 0. The number of benzene rings is 3. The van der Waals surface area contributed by atoms with Crippen molar-refractivity contribution < 1.29 is 24.5 Å². The molecule has 1 radical (unpaired) electrons. The van der Waals surface area contributed by atoms with Crippen LogP contribution in [0.2, 0.25) is 0 Å². The molecule has 0 spiro atoms. The van der Waals surface area contributed by atoms with Crippen LogP contribution >= 0.6 is 0 Å². The summed E-state index contributed by atoms with van der Waals surface area (Å²) < 4.78 is 8.46. The molecule has 6 heteroatoms. The molecule has 3 aromatic carbocycles. The van der Waals surface area contributed by atoms with Crippen molar-refractivity contribution >= 4 is 38.7 Å². The van der Waals surface area contributed by atoms with E-state index in [2.05, 4.69) is 109 Å². The Balaban J connectivity index is 0.000000152. The fourth-order valence-corrected chi connectivity index (χ4v) is 7.58. The molecule has 5 nitrogen and oxygen atoms in total. The standard InChI is InChI=1S/C23H23N2.C20H17N2O.Ir/c1-23(2)15-19(16-9-6-7-10-16)18-13-8-14-20-21(18)25(23)22(24-20)17-11-4-3-5-12-17;1-12(2)14-9-10-21-18(11-14)17-6-4-5-15-16-8-7-13(3)22-20(16)23-19(15)17;/h3-5,8,11,13-16H,6-7,9-10H2,1-2H3;4-5,7-12H,1-3H3;/q2*-1;. The van der Waals surface area contributed by atoms with Crippen LogP contribution < -0.4 is 0 Å².